The number of ether oxygens (including phenoxy) is 1. The average Bonchev–Trinajstić information content (AvgIpc) is 2.84. The summed E-state index contributed by atoms with van der Waals surface area (Å²) in [7, 11) is 0. The third-order valence-electron chi connectivity index (χ3n) is 3.63. The lowest BCUT2D eigenvalue weighted by Crippen LogP contribution is -2.31. The number of hydrogen-bond acceptors (Lipinski definition) is 6. The van der Waals surface area contributed by atoms with E-state index in [-0.39, 0.29) is 30.7 Å². The van der Waals surface area contributed by atoms with Crippen LogP contribution in [-0.2, 0) is 4.74 Å². The highest BCUT2D eigenvalue weighted by Gasteiger charge is 2.34. The number of imide groups is 1. The lowest BCUT2D eigenvalue weighted by Gasteiger charge is -2.13. The van der Waals surface area contributed by atoms with Gasteiger partial charge in [-0.3, -0.25) is 19.5 Å². The van der Waals surface area contributed by atoms with E-state index in [1.54, 1.807) is 31.2 Å². The number of carbonyl (C=O) groups is 3. The molecule has 2 amide bonds. The number of hydrogen-bond donors (Lipinski definition) is 0. The van der Waals surface area contributed by atoms with Crippen LogP contribution in [0, 0.1) is 6.92 Å². The molecule has 7 nitrogen and oxygen atoms in total. The molecule has 3 rings (SSSR count). The Morgan fingerprint density at radius 1 is 1.08 bits per heavy atom. The van der Waals surface area contributed by atoms with Crippen molar-refractivity contribution in [2.75, 3.05) is 13.2 Å². The topological polar surface area (TPSA) is 89.5 Å². The van der Waals surface area contributed by atoms with Gasteiger partial charge in [0.25, 0.3) is 11.8 Å². The summed E-state index contributed by atoms with van der Waals surface area (Å²) in [5, 5.41) is 0. The van der Waals surface area contributed by atoms with Gasteiger partial charge in [-0.2, -0.15) is 0 Å². The van der Waals surface area contributed by atoms with Crippen LogP contribution in [0.4, 0.5) is 0 Å². The molecule has 1 aliphatic rings. The highest BCUT2D eigenvalue weighted by atomic mass is 16.5. The first-order chi connectivity index (χ1) is 11.6. The third-order valence-corrected chi connectivity index (χ3v) is 3.63. The van der Waals surface area contributed by atoms with Crippen LogP contribution >= 0.6 is 0 Å². The molecule has 0 atom stereocenters. The van der Waals surface area contributed by atoms with Crippen molar-refractivity contribution in [2.45, 2.75) is 13.3 Å². The standard InChI is InChI=1S/C17H15N3O4/c1-11-9-19-14(10-18-11)17(23)24-8-4-7-20-15(21)12-5-2-3-6-13(12)16(20)22/h2-3,5-6,9-10H,4,7-8H2,1H3. The Bertz CT molecular complexity index is 767. The van der Waals surface area contributed by atoms with Crippen molar-refractivity contribution in [2.24, 2.45) is 0 Å². The minimum atomic E-state index is -0.579. The van der Waals surface area contributed by atoms with Crippen LogP contribution in [0.3, 0.4) is 0 Å². The van der Waals surface area contributed by atoms with E-state index in [2.05, 4.69) is 9.97 Å². The van der Waals surface area contributed by atoms with E-state index in [0.717, 1.165) is 0 Å². The van der Waals surface area contributed by atoms with Crippen molar-refractivity contribution in [3.05, 3.63) is 59.2 Å². The second kappa shape index (κ2) is 6.57. The van der Waals surface area contributed by atoms with Gasteiger partial charge < -0.3 is 4.74 Å². The largest absolute Gasteiger partial charge is 0.461 e. The maximum Gasteiger partial charge on any atom is 0.358 e. The van der Waals surface area contributed by atoms with Gasteiger partial charge in [0.2, 0.25) is 0 Å². The van der Waals surface area contributed by atoms with Gasteiger partial charge in [0, 0.05) is 12.7 Å². The molecule has 2 heterocycles. The molecular formula is C17H15N3O4. The monoisotopic (exact) mass is 325 g/mol. The van der Waals surface area contributed by atoms with Crippen LogP contribution in [0.25, 0.3) is 0 Å². The number of carbonyl (C=O) groups excluding carboxylic acids is 3. The Morgan fingerprint density at radius 3 is 2.33 bits per heavy atom. The first kappa shape index (κ1) is 15.8. The fraction of sp³-hybridized carbons (Fsp3) is 0.235. The molecule has 1 aromatic heterocycles. The number of fused-ring (bicyclic) bond motifs is 1. The predicted molar refractivity (Wildman–Crippen MR) is 83.5 cm³/mol. The number of rotatable bonds is 5. The molecule has 24 heavy (non-hydrogen) atoms. The van der Waals surface area contributed by atoms with Gasteiger partial charge in [0.15, 0.2) is 5.69 Å². The minimum Gasteiger partial charge on any atom is -0.461 e. The van der Waals surface area contributed by atoms with Crippen molar-refractivity contribution in [1.82, 2.24) is 14.9 Å². The summed E-state index contributed by atoms with van der Waals surface area (Å²) in [6, 6.07) is 6.70. The zero-order valence-electron chi connectivity index (χ0n) is 13.1. The molecule has 0 spiro atoms. The Balaban J connectivity index is 1.51. The highest BCUT2D eigenvalue weighted by Crippen LogP contribution is 2.22. The molecule has 0 bridgehead atoms. The van der Waals surface area contributed by atoms with E-state index in [0.29, 0.717) is 23.2 Å². The summed E-state index contributed by atoms with van der Waals surface area (Å²) in [6.07, 6.45) is 3.19. The number of aromatic nitrogens is 2. The number of aryl methyl sites for hydroxylation is 1. The Hall–Kier alpha value is -3.09. The molecule has 0 aliphatic carbocycles. The summed E-state index contributed by atoms with van der Waals surface area (Å²) in [6.45, 7) is 2.05. The number of nitrogens with zero attached hydrogens (tertiary/aromatic N) is 3. The van der Waals surface area contributed by atoms with E-state index in [1.165, 1.54) is 17.3 Å². The quantitative estimate of drug-likeness (QED) is 0.471. The van der Waals surface area contributed by atoms with Crippen molar-refractivity contribution in [3.63, 3.8) is 0 Å². The zero-order chi connectivity index (χ0) is 17.1. The normalized spacial score (nSPS) is 13.1. The molecule has 7 heteroatoms. The first-order valence-electron chi connectivity index (χ1n) is 7.49. The summed E-state index contributed by atoms with van der Waals surface area (Å²) >= 11 is 0. The molecule has 0 fully saturated rings. The molecule has 0 unspecified atom stereocenters. The number of amides is 2. The average molecular weight is 325 g/mol. The van der Waals surface area contributed by atoms with Crippen LogP contribution in [0.2, 0.25) is 0 Å². The van der Waals surface area contributed by atoms with Crippen LogP contribution in [0.15, 0.2) is 36.7 Å². The van der Waals surface area contributed by atoms with Crippen LogP contribution in [0.1, 0.15) is 43.3 Å². The lowest BCUT2D eigenvalue weighted by molar-refractivity contribution is 0.0475. The van der Waals surface area contributed by atoms with Crippen molar-refractivity contribution < 1.29 is 19.1 Å². The van der Waals surface area contributed by atoms with E-state index < -0.39 is 5.97 Å². The summed E-state index contributed by atoms with van der Waals surface area (Å²) in [4.78, 5) is 45.2. The number of esters is 1. The van der Waals surface area contributed by atoms with Gasteiger partial charge in [-0.15, -0.1) is 0 Å². The maximum absolute atomic E-state index is 12.2. The van der Waals surface area contributed by atoms with Gasteiger partial charge in [-0.25, -0.2) is 9.78 Å². The molecule has 0 saturated carbocycles. The Morgan fingerprint density at radius 2 is 1.75 bits per heavy atom. The van der Waals surface area contributed by atoms with E-state index in [9.17, 15) is 14.4 Å². The first-order valence-corrected chi connectivity index (χ1v) is 7.49. The Kier molecular flexibility index (Phi) is 4.33. The van der Waals surface area contributed by atoms with Crippen molar-refractivity contribution in [3.8, 4) is 0 Å². The molecule has 2 aromatic rings. The van der Waals surface area contributed by atoms with E-state index in [4.69, 9.17) is 4.74 Å². The molecule has 1 aromatic carbocycles. The second-order valence-electron chi connectivity index (χ2n) is 5.34. The van der Waals surface area contributed by atoms with Crippen molar-refractivity contribution in [1.29, 1.82) is 0 Å². The van der Waals surface area contributed by atoms with Gasteiger partial charge >= 0.3 is 5.97 Å². The summed E-state index contributed by atoms with van der Waals surface area (Å²) < 4.78 is 5.08. The third kappa shape index (κ3) is 3.01. The fourth-order valence-electron chi connectivity index (χ4n) is 2.40. The van der Waals surface area contributed by atoms with Gasteiger partial charge in [0.1, 0.15) is 0 Å². The van der Waals surface area contributed by atoms with E-state index in [1.807, 2.05) is 0 Å². The summed E-state index contributed by atoms with van der Waals surface area (Å²) in [5.41, 5.74) is 1.65. The molecule has 0 N–H and O–H groups in total. The molecule has 1 aliphatic heterocycles. The van der Waals surface area contributed by atoms with Gasteiger partial charge in [0.05, 0.1) is 29.6 Å². The van der Waals surface area contributed by atoms with Gasteiger partial charge in [-0.05, 0) is 25.5 Å². The van der Waals surface area contributed by atoms with Crippen molar-refractivity contribution >= 4 is 17.8 Å². The van der Waals surface area contributed by atoms with E-state index >= 15 is 0 Å². The fourth-order valence-corrected chi connectivity index (χ4v) is 2.40. The maximum atomic E-state index is 12.2. The minimum absolute atomic E-state index is 0.0851. The molecule has 0 radical (unpaired) electrons. The van der Waals surface area contributed by atoms with Crippen LogP contribution in [-0.4, -0.2) is 45.8 Å². The SMILES string of the molecule is Cc1cnc(C(=O)OCCCN2C(=O)c3ccccc3C2=O)cn1. The lowest BCUT2D eigenvalue weighted by atomic mass is 10.1. The highest BCUT2D eigenvalue weighted by molar-refractivity contribution is 6.21. The smallest absolute Gasteiger partial charge is 0.358 e. The zero-order valence-corrected chi connectivity index (χ0v) is 13.1. The molecule has 122 valence electrons. The molecule has 0 saturated heterocycles. The molecular weight excluding hydrogens is 310 g/mol. The van der Waals surface area contributed by atoms with Gasteiger partial charge in [-0.1, -0.05) is 12.1 Å². The Labute approximate surface area is 138 Å². The number of benzene rings is 1. The second-order valence-corrected chi connectivity index (χ2v) is 5.34. The van der Waals surface area contributed by atoms with Crippen LogP contribution < -0.4 is 0 Å². The van der Waals surface area contributed by atoms with Crippen LogP contribution in [0.5, 0.6) is 0 Å². The predicted octanol–water partition coefficient (Wildman–Crippen LogP) is 1.63. The summed E-state index contributed by atoms with van der Waals surface area (Å²) in [5.74, 6) is -1.21.